The molecule has 0 saturated heterocycles. The average molecular weight is 314 g/mol. The summed E-state index contributed by atoms with van der Waals surface area (Å²) in [5.74, 6) is 1.73. The summed E-state index contributed by atoms with van der Waals surface area (Å²) in [5.41, 5.74) is 4.61. The van der Waals surface area contributed by atoms with Gasteiger partial charge in [-0.1, -0.05) is 35.0 Å². The molecule has 2 rings (SSSR count). The molecule has 0 saturated carbocycles. The molecule has 0 unspecified atom stereocenters. The SMILES string of the molecule is CCNC(=NCc1cccc(C)c1)NCCc1c(C)noc1C. The number of rotatable bonds is 6. The van der Waals surface area contributed by atoms with Crippen LogP contribution in [0, 0.1) is 20.8 Å². The highest BCUT2D eigenvalue weighted by Crippen LogP contribution is 2.12. The van der Waals surface area contributed by atoms with Gasteiger partial charge < -0.3 is 15.2 Å². The highest BCUT2D eigenvalue weighted by atomic mass is 16.5. The number of nitrogens with one attached hydrogen (secondary N) is 2. The van der Waals surface area contributed by atoms with E-state index in [-0.39, 0.29) is 0 Å². The lowest BCUT2D eigenvalue weighted by Gasteiger charge is -2.11. The molecule has 23 heavy (non-hydrogen) atoms. The van der Waals surface area contributed by atoms with Crippen LogP contribution in [0.4, 0.5) is 0 Å². The molecule has 0 fully saturated rings. The molecule has 0 radical (unpaired) electrons. The number of aromatic nitrogens is 1. The summed E-state index contributed by atoms with van der Waals surface area (Å²) in [6, 6.07) is 8.43. The third kappa shape index (κ3) is 5.13. The predicted molar refractivity (Wildman–Crippen MR) is 93.7 cm³/mol. The molecule has 0 aliphatic carbocycles. The predicted octanol–water partition coefficient (Wildman–Crippen LogP) is 2.90. The summed E-state index contributed by atoms with van der Waals surface area (Å²) >= 11 is 0. The molecular formula is C18H26N4O. The lowest BCUT2D eigenvalue weighted by atomic mass is 10.1. The van der Waals surface area contributed by atoms with Crippen molar-refractivity contribution in [2.75, 3.05) is 13.1 Å². The van der Waals surface area contributed by atoms with Crippen molar-refractivity contribution in [3.63, 3.8) is 0 Å². The standard InChI is InChI=1S/C18H26N4O/c1-5-19-18(21-12-16-8-6-7-13(2)11-16)20-10-9-17-14(3)22-23-15(17)4/h6-8,11H,5,9-10,12H2,1-4H3,(H2,19,20,21). The fourth-order valence-corrected chi connectivity index (χ4v) is 2.49. The number of hydrogen-bond donors (Lipinski definition) is 2. The molecule has 124 valence electrons. The molecule has 5 heteroatoms. The third-order valence-corrected chi connectivity index (χ3v) is 3.70. The molecule has 0 spiro atoms. The fourth-order valence-electron chi connectivity index (χ4n) is 2.49. The van der Waals surface area contributed by atoms with Gasteiger partial charge >= 0.3 is 0 Å². The molecular weight excluding hydrogens is 288 g/mol. The summed E-state index contributed by atoms with van der Waals surface area (Å²) in [5, 5.41) is 10.6. The Hall–Kier alpha value is -2.30. The molecule has 1 aromatic carbocycles. The second-order valence-corrected chi connectivity index (χ2v) is 5.66. The Balaban J connectivity index is 1.91. The van der Waals surface area contributed by atoms with E-state index in [1.54, 1.807) is 0 Å². The van der Waals surface area contributed by atoms with Crippen molar-refractivity contribution in [3.8, 4) is 0 Å². The van der Waals surface area contributed by atoms with Crippen molar-refractivity contribution in [2.45, 2.75) is 40.7 Å². The van der Waals surface area contributed by atoms with E-state index in [0.29, 0.717) is 6.54 Å². The van der Waals surface area contributed by atoms with Gasteiger partial charge in [-0.25, -0.2) is 4.99 Å². The van der Waals surface area contributed by atoms with Crippen LogP contribution in [0.1, 0.15) is 35.1 Å². The first kappa shape index (κ1) is 17.1. The molecule has 2 N–H and O–H groups in total. The van der Waals surface area contributed by atoms with Gasteiger partial charge in [-0.05, 0) is 39.7 Å². The van der Waals surface area contributed by atoms with Crippen LogP contribution in [0.25, 0.3) is 0 Å². The summed E-state index contributed by atoms with van der Waals surface area (Å²) in [6.45, 7) is 10.4. The van der Waals surface area contributed by atoms with E-state index in [2.05, 4.69) is 58.9 Å². The Morgan fingerprint density at radius 3 is 2.70 bits per heavy atom. The third-order valence-electron chi connectivity index (χ3n) is 3.70. The van der Waals surface area contributed by atoms with Crippen LogP contribution in [0.3, 0.4) is 0 Å². The lowest BCUT2D eigenvalue weighted by Crippen LogP contribution is -2.38. The number of aliphatic imine (C=N–C) groups is 1. The van der Waals surface area contributed by atoms with Gasteiger partial charge in [0.1, 0.15) is 5.76 Å². The summed E-state index contributed by atoms with van der Waals surface area (Å²) in [4.78, 5) is 4.64. The van der Waals surface area contributed by atoms with E-state index in [0.717, 1.165) is 36.9 Å². The molecule has 5 nitrogen and oxygen atoms in total. The highest BCUT2D eigenvalue weighted by molar-refractivity contribution is 5.79. The van der Waals surface area contributed by atoms with Crippen LogP contribution in [0.2, 0.25) is 0 Å². The Labute approximate surface area is 138 Å². The maximum absolute atomic E-state index is 5.19. The topological polar surface area (TPSA) is 62.5 Å². The number of hydrogen-bond acceptors (Lipinski definition) is 3. The second-order valence-electron chi connectivity index (χ2n) is 5.66. The molecule has 0 bridgehead atoms. The van der Waals surface area contributed by atoms with E-state index in [9.17, 15) is 0 Å². The van der Waals surface area contributed by atoms with Crippen LogP contribution < -0.4 is 10.6 Å². The zero-order chi connectivity index (χ0) is 16.7. The van der Waals surface area contributed by atoms with E-state index < -0.39 is 0 Å². The molecule has 0 aliphatic rings. The van der Waals surface area contributed by atoms with Gasteiger partial charge in [0.2, 0.25) is 0 Å². The average Bonchev–Trinajstić information content (AvgIpc) is 2.84. The molecule has 2 aromatic rings. The van der Waals surface area contributed by atoms with E-state index in [1.807, 2.05) is 13.8 Å². The van der Waals surface area contributed by atoms with Gasteiger partial charge in [0.25, 0.3) is 0 Å². The summed E-state index contributed by atoms with van der Waals surface area (Å²) in [7, 11) is 0. The Morgan fingerprint density at radius 2 is 2.04 bits per heavy atom. The number of nitrogens with zero attached hydrogens (tertiary/aromatic N) is 2. The quantitative estimate of drug-likeness (QED) is 0.636. The maximum Gasteiger partial charge on any atom is 0.191 e. The van der Waals surface area contributed by atoms with E-state index >= 15 is 0 Å². The van der Waals surface area contributed by atoms with Crippen molar-refractivity contribution in [2.24, 2.45) is 4.99 Å². The zero-order valence-corrected chi connectivity index (χ0v) is 14.4. The largest absolute Gasteiger partial charge is 0.361 e. The normalized spacial score (nSPS) is 11.6. The minimum atomic E-state index is 0.669. The van der Waals surface area contributed by atoms with Gasteiger partial charge in [0.15, 0.2) is 5.96 Å². The monoisotopic (exact) mass is 314 g/mol. The van der Waals surface area contributed by atoms with E-state index in [4.69, 9.17) is 4.52 Å². The van der Waals surface area contributed by atoms with Gasteiger partial charge in [0.05, 0.1) is 12.2 Å². The van der Waals surface area contributed by atoms with Gasteiger partial charge in [-0.3, -0.25) is 0 Å². The highest BCUT2D eigenvalue weighted by Gasteiger charge is 2.08. The first-order valence-corrected chi connectivity index (χ1v) is 8.09. The van der Waals surface area contributed by atoms with Crippen molar-refractivity contribution in [1.29, 1.82) is 0 Å². The van der Waals surface area contributed by atoms with Crippen LogP contribution in [0.5, 0.6) is 0 Å². The van der Waals surface area contributed by atoms with Gasteiger partial charge in [0, 0.05) is 18.7 Å². The molecule has 1 aromatic heterocycles. The van der Waals surface area contributed by atoms with E-state index in [1.165, 1.54) is 16.7 Å². The van der Waals surface area contributed by atoms with Crippen LogP contribution >= 0.6 is 0 Å². The maximum atomic E-state index is 5.19. The Bertz CT molecular complexity index is 641. The van der Waals surface area contributed by atoms with Crippen molar-refractivity contribution >= 4 is 5.96 Å². The first-order valence-electron chi connectivity index (χ1n) is 8.09. The van der Waals surface area contributed by atoms with Crippen molar-refractivity contribution in [3.05, 3.63) is 52.4 Å². The smallest absolute Gasteiger partial charge is 0.191 e. The Morgan fingerprint density at radius 1 is 1.22 bits per heavy atom. The minimum Gasteiger partial charge on any atom is -0.361 e. The zero-order valence-electron chi connectivity index (χ0n) is 14.4. The van der Waals surface area contributed by atoms with Gasteiger partial charge in [-0.15, -0.1) is 0 Å². The molecule has 0 atom stereocenters. The van der Waals surface area contributed by atoms with Crippen molar-refractivity contribution in [1.82, 2.24) is 15.8 Å². The molecule has 0 amide bonds. The molecule has 0 aliphatic heterocycles. The molecule has 1 heterocycles. The number of guanidine groups is 1. The summed E-state index contributed by atoms with van der Waals surface area (Å²) in [6.07, 6.45) is 0.871. The number of aryl methyl sites for hydroxylation is 3. The van der Waals surface area contributed by atoms with Crippen molar-refractivity contribution < 1.29 is 4.52 Å². The lowest BCUT2D eigenvalue weighted by molar-refractivity contribution is 0.392. The fraction of sp³-hybridized carbons (Fsp3) is 0.444. The van der Waals surface area contributed by atoms with Crippen LogP contribution in [0.15, 0.2) is 33.8 Å². The van der Waals surface area contributed by atoms with Crippen LogP contribution in [-0.2, 0) is 13.0 Å². The minimum absolute atomic E-state index is 0.669. The van der Waals surface area contributed by atoms with Crippen LogP contribution in [-0.4, -0.2) is 24.2 Å². The van der Waals surface area contributed by atoms with Gasteiger partial charge in [-0.2, -0.15) is 0 Å². The second kappa shape index (κ2) is 8.36. The Kier molecular flexibility index (Phi) is 6.20. The summed E-state index contributed by atoms with van der Waals surface area (Å²) < 4.78 is 5.19. The first-order chi connectivity index (χ1) is 11.1. The number of benzene rings is 1.